The van der Waals surface area contributed by atoms with Gasteiger partial charge in [0.1, 0.15) is 10.9 Å². The Morgan fingerprint density at radius 2 is 1.86 bits per heavy atom. The van der Waals surface area contributed by atoms with Gasteiger partial charge in [-0.15, -0.1) is 5.10 Å². The number of hydrogen-bond acceptors (Lipinski definition) is 6. The second-order valence-corrected chi connectivity index (χ2v) is 5.70. The molecule has 3 rings (SSSR count). The lowest BCUT2D eigenvalue weighted by Gasteiger charge is -2.03. The quantitative estimate of drug-likeness (QED) is 0.746. The first kappa shape index (κ1) is 13.7. The number of nitrogens with zero attached hydrogens (tertiary/aromatic N) is 5. The third-order valence-electron chi connectivity index (χ3n) is 2.78. The molecule has 106 valence electrons. The summed E-state index contributed by atoms with van der Waals surface area (Å²) in [6, 6.07) is 5.63. The van der Waals surface area contributed by atoms with Crippen molar-refractivity contribution in [2.45, 2.75) is 29.9 Å². The van der Waals surface area contributed by atoms with Gasteiger partial charge in [-0.1, -0.05) is 13.8 Å². The summed E-state index contributed by atoms with van der Waals surface area (Å²) in [4.78, 5) is 17.2. The Kier molecular flexibility index (Phi) is 3.92. The Hall–Kier alpha value is -2.28. The Balaban J connectivity index is 1.80. The van der Waals surface area contributed by atoms with Gasteiger partial charge in [-0.3, -0.25) is 10.1 Å². The van der Waals surface area contributed by atoms with Crippen LogP contribution < -0.4 is 0 Å². The Labute approximate surface area is 126 Å². The monoisotopic (exact) mass is 298 g/mol. The molecule has 0 bridgehead atoms. The first-order chi connectivity index (χ1) is 10.2. The SMILES string of the molecule is CC(C)c1nccc(Sc2n[nH]c(-c3ccncc3)n2)n1. The molecule has 0 saturated carbocycles. The van der Waals surface area contributed by atoms with E-state index in [0.29, 0.717) is 11.1 Å². The van der Waals surface area contributed by atoms with E-state index in [4.69, 9.17) is 0 Å². The van der Waals surface area contributed by atoms with Gasteiger partial charge in [0.25, 0.3) is 0 Å². The van der Waals surface area contributed by atoms with Crippen LogP contribution in [0.15, 0.2) is 47.0 Å². The highest BCUT2D eigenvalue weighted by molar-refractivity contribution is 7.99. The van der Waals surface area contributed by atoms with Gasteiger partial charge in [0.05, 0.1) is 0 Å². The minimum Gasteiger partial charge on any atom is -0.265 e. The molecule has 0 atom stereocenters. The van der Waals surface area contributed by atoms with Crippen molar-refractivity contribution in [2.75, 3.05) is 0 Å². The van der Waals surface area contributed by atoms with Gasteiger partial charge in [0, 0.05) is 30.1 Å². The number of pyridine rings is 1. The fraction of sp³-hybridized carbons (Fsp3) is 0.214. The molecule has 3 aromatic rings. The third-order valence-corrected chi connectivity index (χ3v) is 3.58. The molecule has 21 heavy (non-hydrogen) atoms. The third kappa shape index (κ3) is 3.25. The Morgan fingerprint density at radius 1 is 1.05 bits per heavy atom. The lowest BCUT2D eigenvalue weighted by molar-refractivity contribution is 0.752. The van der Waals surface area contributed by atoms with E-state index >= 15 is 0 Å². The van der Waals surface area contributed by atoms with Crippen LogP contribution in [0.25, 0.3) is 11.4 Å². The van der Waals surface area contributed by atoms with Crippen LogP contribution in [-0.4, -0.2) is 30.1 Å². The molecule has 3 aromatic heterocycles. The van der Waals surface area contributed by atoms with Crippen LogP contribution in [0.5, 0.6) is 0 Å². The van der Waals surface area contributed by atoms with Crippen LogP contribution in [-0.2, 0) is 0 Å². The van der Waals surface area contributed by atoms with E-state index in [1.165, 1.54) is 11.8 Å². The van der Waals surface area contributed by atoms with E-state index < -0.39 is 0 Å². The van der Waals surface area contributed by atoms with Gasteiger partial charge < -0.3 is 0 Å². The molecule has 1 N–H and O–H groups in total. The second-order valence-electron chi connectivity index (χ2n) is 4.71. The maximum Gasteiger partial charge on any atom is 0.215 e. The zero-order valence-electron chi connectivity index (χ0n) is 11.7. The molecule has 0 aliphatic carbocycles. The van der Waals surface area contributed by atoms with Crippen molar-refractivity contribution in [3.8, 4) is 11.4 Å². The summed E-state index contributed by atoms with van der Waals surface area (Å²) in [7, 11) is 0. The number of nitrogens with one attached hydrogen (secondary N) is 1. The van der Waals surface area contributed by atoms with E-state index in [-0.39, 0.29) is 0 Å². The van der Waals surface area contributed by atoms with Crippen LogP contribution in [0.1, 0.15) is 25.6 Å². The molecular weight excluding hydrogens is 284 g/mol. The highest BCUT2D eigenvalue weighted by Gasteiger charge is 2.09. The van der Waals surface area contributed by atoms with Crippen molar-refractivity contribution in [3.05, 3.63) is 42.6 Å². The average molecular weight is 298 g/mol. The molecule has 0 fully saturated rings. The van der Waals surface area contributed by atoms with Gasteiger partial charge in [0.15, 0.2) is 5.82 Å². The molecule has 0 unspecified atom stereocenters. The van der Waals surface area contributed by atoms with Gasteiger partial charge in [-0.2, -0.15) is 0 Å². The zero-order valence-corrected chi connectivity index (χ0v) is 12.5. The standard InChI is InChI=1S/C14H14N6S/c1-9(2)12-16-8-5-11(17-12)21-14-18-13(19-20-14)10-3-6-15-7-4-10/h3-9H,1-2H3,(H,18,19,20). The van der Waals surface area contributed by atoms with Crippen molar-refractivity contribution in [2.24, 2.45) is 0 Å². The topological polar surface area (TPSA) is 80.2 Å². The number of rotatable bonds is 4. The molecule has 7 heteroatoms. The molecular formula is C14H14N6S. The summed E-state index contributed by atoms with van der Waals surface area (Å²) in [6.45, 7) is 4.14. The predicted molar refractivity (Wildman–Crippen MR) is 79.9 cm³/mol. The summed E-state index contributed by atoms with van der Waals surface area (Å²) in [5, 5.41) is 8.61. The van der Waals surface area contributed by atoms with Crippen molar-refractivity contribution in [3.63, 3.8) is 0 Å². The molecule has 0 aromatic carbocycles. The Morgan fingerprint density at radius 3 is 2.62 bits per heavy atom. The summed E-state index contributed by atoms with van der Waals surface area (Å²) < 4.78 is 0. The smallest absolute Gasteiger partial charge is 0.215 e. The van der Waals surface area contributed by atoms with Crippen molar-refractivity contribution >= 4 is 11.8 Å². The van der Waals surface area contributed by atoms with Gasteiger partial charge in [-0.25, -0.2) is 15.0 Å². The lowest BCUT2D eigenvalue weighted by atomic mass is 10.2. The lowest BCUT2D eigenvalue weighted by Crippen LogP contribution is -1.97. The first-order valence-corrected chi connectivity index (χ1v) is 7.37. The normalized spacial score (nSPS) is 11.0. The minimum atomic E-state index is 0.296. The zero-order chi connectivity index (χ0) is 14.7. The van der Waals surface area contributed by atoms with Crippen molar-refractivity contribution < 1.29 is 0 Å². The maximum absolute atomic E-state index is 4.50. The molecule has 6 nitrogen and oxygen atoms in total. The van der Waals surface area contributed by atoms with Gasteiger partial charge in [-0.05, 0) is 30.0 Å². The molecule has 0 saturated heterocycles. The number of H-pyrrole nitrogens is 1. The molecule has 0 spiro atoms. The minimum absolute atomic E-state index is 0.296. The van der Waals surface area contributed by atoms with E-state index in [9.17, 15) is 0 Å². The maximum atomic E-state index is 4.50. The summed E-state index contributed by atoms with van der Waals surface area (Å²) in [5.41, 5.74) is 0.954. The van der Waals surface area contributed by atoms with E-state index in [1.54, 1.807) is 18.6 Å². The van der Waals surface area contributed by atoms with Crippen molar-refractivity contribution in [1.82, 2.24) is 30.1 Å². The largest absolute Gasteiger partial charge is 0.265 e. The fourth-order valence-electron chi connectivity index (χ4n) is 1.72. The van der Waals surface area contributed by atoms with Gasteiger partial charge >= 0.3 is 0 Å². The first-order valence-electron chi connectivity index (χ1n) is 6.56. The molecule has 0 amide bonds. The van der Waals surface area contributed by atoms with Crippen LogP contribution in [0.2, 0.25) is 0 Å². The summed E-state index contributed by atoms with van der Waals surface area (Å²) in [5.74, 6) is 1.84. The fourth-order valence-corrected chi connectivity index (χ4v) is 2.40. The van der Waals surface area contributed by atoms with Crippen LogP contribution >= 0.6 is 11.8 Å². The van der Waals surface area contributed by atoms with E-state index in [0.717, 1.165) is 22.2 Å². The molecule has 3 heterocycles. The average Bonchev–Trinajstić information content (AvgIpc) is 2.97. The van der Waals surface area contributed by atoms with Crippen LogP contribution in [0, 0.1) is 0 Å². The summed E-state index contributed by atoms with van der Waals surface area (Å²) in [6.07, 6.45) is 5.22. The van der Waals surface area contributed by atoms with E-state index in [1.807, 2.05) is 18.2 Å². The molecule has 0 radical (unpaired) electrons. The molecule has 0 aliphatic rings. The predicted octanol–water partition coefficient (Wildman–Crippen LogP) is 2.93. The highest BCUT2D eigenvalue weighted by atomic mass is 32.2. The number of aromatic nitrogens is 6. The molecule has 0 aliphatic heterocycles. The Bertz CT molecular complexity index is 725. The summed E-state index contributed by atoms with van der Waals surface area (Å²) >= 11 is 1.41. The van der Waals surface area contributed by atoms with Crippen LogP contribution in [0.3, 0.4) is 0 Å². The van der Waals surface area contributed by atoms with E-state index in [2.05, 4.69) is 44.0 Å². The van der Waals surface area contributed by atoms with Crippen LogP contribution in [0.4, 0.5) is 0 Å². The highest BCUT2D eigenvalue weighted by Crippen LogP contribution is 2.25. The van der Waals surface area contributed by atoms with Gasteiger partial charge in [0.2, 0.25) is 5.16 Å². The second kappa shape index (κ2) is 6.01. The number of aromatic amines is 1. The number of hydrogen-bond donors (Lipinski definition) is 1. The van der Waals surface area contributed by atoms with Crippen molar-refractivity contribution in [1.29, 1.82) is 0 Å².